The van der Waals surface area contributed by atoms with Crippen LogP contribution in [0.15, 0.2) is 18.3 Å². The van der Waals surface area contributed by atoms with Gasteiger partial charge in [-0.25, -0.2) is 4.79 Å². The summed E-state index contributed by atoms with van der Waals surface area (Å²) in [4.78, 5) is 28.9. The van der Waals surface area contributed by atoms with Crippen LogP contribution in [0.3, 0.4) is 0 Å². The minimum atomic E-state index is -1.12. The van der Waals surface area contributed by atoms with Crippen LogP contribution in [0.4, 0.5) is 0 Å². The molecule has 0 aromatic carbocycles. The van der Waals surface area contributed by atoms with Crippen LogP contribution in [0.1, 0.15) is 40.6 Å². The van der Waals surface area contributed by atoms with E-state index in [4.69, 9.17) is 5.11 Å². The van der Waals surface area contributed by atoms with E-state index >= 15 is 0 Å². The fourth-order valence-electron chi connectivity index (χ4n) is 1.87. The second-order valence-corrected chi connectivity index (χ2v) is 4.49. The quantitative estimate of drug-likeness (QED) is 0.860. The number of hydrogen-bond donors (Lipinski definition) is 1. The van der Waals surface area contributed by atoms with E-state index in [1.165, 1.54) is 18.3 Å². The average molecular weight is 248 g/mol. The van der Waals surface area contributed by atoms with Crippen molar-refractivity contribution in [2.45, 2.75) is 19.8 Å². The third kappa shape index (κ3) is 2.67. The van der Waals surface area contributed by atoms with Gasteiger partial charge >= 0.3 is 5.97 Å². The summed E-state index contributed by atoms with van der Waals surface area (Å²) in [5.41, 5.74) is 0.00393. The highest BCUT2D eigenvalue weighted by Crippen LogP contribution is 2.30. The van der Waals surface area contributed by atoms with Crippen molar-refractivity contribution in [3.8, 4) is 0 Å². The molecule has 0 radical (unpaired) electrons. The maximum Gasteiger partial charge on any atom is 0.338 e. The molecule has 1 fully saturated rings. The second-order valence-electron chi connectivity index (χ2n) is 4.49. The summed E-state index contributed by atoms with van der Waals surface area (Å²) in [6, 6.07) is 2.94. The van der Waals surface area contributed by atoms with Gasteiger partial charge in [0.2, 0.25) is 0 Å². The van der Waals surface area contributed by atoms with Gasteiger partial charge in [0.1, 0.15) is 5.69 Å². The standard InChI is InChI=1S/C13H16N2O3/c1-2-15(8-9-5-6-9)12(16)11-10(13(17)18)4-3-7-14-11/h3-4,7,9H,2,5-6,8H2,1H3,(H,17,18). The monoisotopic (exact) mass is 248 g/mol. The van der Waals surface area contributed by atoms with Crippen LogP contribution in [0, 0.1) is 5.92 Å². The topological polar surface area (TPSA) is 70.5 Å². The maximum atomic E-state index is 12.3. The lowest BCUT2D eigenvalue weighted by molar-refractivity contribution is 0.0672. The first kappa shape index (κ1) is 12.5. The molecule has 1 aliphatic rings. The molecule has 96 valence electrons. The first-order valence-corrected chi connectivity index (χ1v) is 6.11. The molecule has 18 heavy (non-hydrogen) atoms. The largest absolute Gasteiger partial charge is 0.478 e. The smallest absolute Gasteiger partial charge is 0.338 e. The molecular formula is C13H16N2O3. The Balaban J connectivity index is 2.23. The van der Waals surface area contributed by atoms with Gasteiger partial charge in [0.25, 0.3) is 5.91 Å². The van der Waals surface area contributed by atoms with Crippen LogP contribution < -0.4 is 0 Å². The minimum absolute atomic E-state index is 0.0308. The molecule has 0 saturated heterocycles. The SMILES string of the molecule is CCN(CC1CC1)C(=O)c1ncccc1C(=O)O. The van der Waals surface area contributed by atoms with E-state index in [1.807, 2.05) is 6.92 Å². The van der Waals surface area contributed by atoms with E-state index in [9.17, 15) is 9.59 Å². The fourth-order valence-corrected chi connectivity index (χ4v) is 1.87. The zero-order chi connectivity index (χ0) is 13.1. The van der Waals surface area contributed by atoms with Crippen molar-refractivity contribution < 1.29 is 14.7 Å². The van der Waals surface area contributed by atoms with Gasteiger partial charge in [0.15, 0.2) is 0 Å². The molecule has 1 aromatic rings. The van der Waals surface area contributed by atoms with E-state index in [-0.39, 0.29) is 17.2 Å². The number of aromatic nitrogens is 1. The van der Waals surface area contributed by atoms with Crippen LogP contribution in [-0.4, -0.2) is 40.0 Å². The summed E-state index contributed by atoms with van der Waals surface area (Å²) in [6.45, 7) is 3.17. The number of aromatic carboxylic acids is 1. The Morgan fingerprint density at radius 3 is 2.78 bits per heavy atom. The highest BCUT2D eigenvalue weighted by molar-refractivity contribution is 6.03. The molecule has 1 heterocycles. The van der Waals surface area contributed by atoms with Crippen LogP contribution in [0.2, 0.25) is 0 Å². The molecule has 1 aliphatic carbocycles. The molecule has 0 aliphatic heterocycles. The van der Waals surface area contributed by atoms with Gasteiger partial charge in [-0.3, -0.25) is 9.78 Å². The number of carbonyl (C=O) groups excluding carboxylic acids is 1. The minimum Gasteiger partial charge on any atom is -0.478 e. The van der Waals surface area contributed by atoms with Crippen molar-refractivity contribution in [2.24, 2.45) is 5.92 Å². The lowest BCUT2D eigenvalue weighted by Crippen LogP contribution is -2.34. The maximum absolute atomic E-state index is 12.3. The highest BCUT2D eigenvalue weighted by atomic mass is 16.4. The van der Waals surface area contributed by atoms with Crippen molar-refractivity contribution in [3.63, 3.8) is 0 Å². The number of nitrogens with zero attached hydrogens (tertiary/aromatic N) is 2. The first-order valence-electron chi connectivity index (χ1n) is 6.11. The van der Waals surface area contributed by atoms with Crippen LogP contribution >= 0.6 is 0 Å². The summed E-state index contributed by atoms with van der Waals surface area (Å²) in [6.07, 6.45) is 3.75. The highest BCUT2D eigenvalue weighted by Gasteiger charge is 2.28. The van der Waals surface area contributed by atoms with Gasteiger partial charge in [-0.1, -0.05) is 0 Å². The third-order valence-corrected chi connectivity index (χ3v) is 3.09. The lowest BCUT2D eigenvalue weighted by Gasteiger charge is -2.20. The molecule has 1 amide bonds. The van der Waals surface area contributed by atoms with Crippen LogP contribution in [0.25, 0.3) is 0 Å². The molecule has 1 N–H and O–H groups in total. The third-order valence-electron chi connectivity index (χ3n) is 3.09. The molecule has 5 nitrogen and oxygen atoms in total. The number of hydrogen-bond acceptors (Lipinski definition) is 3. The van der Waals surface area contributed by atoms with Gasteiger partial charge in [-0.05, 0) is 37.8 Å². The zero-order valence-corrected chi connectivity index (χ0v) is 10.3. The molecule has 0 bridgehead atoms. The van der Waals surface area contributed by atoms with Gasteiger partial charge in [0, 0.05) is 19.3 Å². The molecule has 1 aromatic heterocycles. The Morgan fingerprint density at radius 2 is 2.22 bits per heavy atom. The predicted octanol–water partition coefficient (Wildman–Crippen LogP) is 1.65. The molecular weight excluding hydrogens is 232 g/mol. The fraction of sp³-hybridized carbons (Fsp3) is 0.462. The van der Waals surface area contributed by atoms with Crippen LogP contribution in [-0.2, 0) is 0 Å². The number of carboxylic acids is 1. The molecule has 0 unspecified atom stereocenters. The average Bonchev–Trinajstić information content (AvgIpc) is 3.19. The molecule has 5 heteroatoms. The number of carbonyl (C=O) groups is 2. The van der Waals surface area contributed by atoms with Gasteiger partial charge in [0.05, 0.1) is 5.56 Å². The summed E-state index contributed by atoms with van der Waals surface area (Å²) in [5, 5.41) is 9.05. The summed E-state index contributed by atoms with van der Waals surface area (Å²) < 4.78 is 0. The number of pyridine rings is 1. The van der Waals surface area contributed by atoms with E-state index in [0.717, 1.165) is 12.8 Å². The van der Waals surface area contributed by atoms with E-state index in [2.05, 4.69) is 4.98 Å². The molecule has 0 atom stereocenters. The lowest BCUT2D eigenvalue weighted by atomic mass is 10.1. The normalized spacial score (nSPS) is 14.3. The van der Waals surface area contributed by atoms with Gasteiger partial charge < -0.3 is 10.0 Å². The molecule has 0 spiro atoms. The Kier molecular flexibility index (Phi) is 3.60. The first-order chi connectivity index (χ1) is 8.63. The summed E-state index contributed by atoms with van der Waals surface area (Å²) in [7, 11) is 0. The van der Waals surface area contributed by atoms with Gasteiger partial charge in [-0.15, -0.1) is 0 Å². The van der Waals surface area contributed by atoms with E-state index in [1.54, 1.807) is 4.90 Å². The zero-order valence-electron chi connectivity index (χ0n) is 10.3. The second kappa shape index (κ2) is 5.16. The van der Waals surface area contributed by atoms with E-state index in [0.29, 0.717) is 19.0 Å². The Labute approximate surface area is 105 Å². The van der Waals surface area contributed by atoms with Gasteiger partial charge in [-0.2, -0.15) is 0 Å². The predicted molar refractivity (Wildman–Crippen MR) is 65.5 cm³/mol. The Bertz CT molecular complexity index is 469. The number of rotatable bonds is 5. The summed E-state index contributed by atoms with van der Waals surface area (Å²) >= 11 is 0. The van der Waals surface area contributed by atoms with Crippen LogP contribution in [0.5, 0.6) is 0 Å². The Morgan fingerprint density at radius 1 is 1.50 bits per heavy atom. The van der Waals surface area contributed by atoms with Crippen molar-refractivity contribution in [2.75, 3.05) is 13.1 Å². The number of carboxylic acid groups (broad SMARTS) is 1. The summed E-state index contributed by atoms with van der Waals surface area (Å²) in [5.74, 6) is -0.831. The van der Waals surface area contributed by atoms with Crippen molar-refractivity contribution in [1.82, 2.24) is 9.88 Å². The Hall–Kier alpha value is -1.91. The molecule has 2 rings (SSSR count). The van der Waals surface area contributed by atoms with E-state index < -0.39 is 5.97 Å². The number of amides is 1. The molecule has 1 saturated carbocycles. The van der Waals surface area contributed by atoms with Crippen molar-refractivity contribution in [3.05, 3.63) is 29.6 Å². The van der Waals surface area contributed by atoms with Crippen molar-refractivity contribution in [1.29, 1.82) is 0 Å². The van der Waals surface area contributed by atoms with Crippen molar-refractivity contribution >= 4 is 11.9 Å².